The Morgan fingerprint density at radius 2 is 1.85 bits per heavy atom. The molecule has 0 amide bonds. The molecule has 3 heteroatoms. The van der Waals surface area contributed by atoms with E-state index in [2.05, 4.69) is 6.07 Å². The lowest BCUT2D eigenvalue weighted by Crippen LogP contribution is -2.33. The van der Waals surface area contributed by atoms with Gasteiger partial charge in [-0.15, -0.1) is 0 Å². The van der Waals surface area contributed by atoms with Crippen molar-refractivity contribution in [2.45, 2.75) is 37.2 Å². The summed E-state index contributed by atoms with van der Waals surface area (Å²) in [4.78, 5) is 0. The van der Waals surface area contributed by atoms with Gasteiger partial charge in [-0.2, -0.15) is 10.5 Å². The van der Waals surface area contributed by atoms with Crippen molar-refractivity contribution >= 4 is 0 Å². The highest BCUT2D eigenvalue weighted by atomic mass is 16.5. The Hall–Kier alpha value is -2.10. The van der Waals surface area contributed by atoms with Crippen LogP contribution in [-0.2, 0) is 4.74 Å². The van der Waals surface area contributed by atoms with Crippen LogP contribution in [0.5, 0.6) is 0 Å². The van der Waals surface area contributed by atoms with Crippen molar-refractivity contribution < 1.29 is 4.74 Å². The van der Waals surface area contributed by atoms with Crippen molar-refractivity contribution in [1.29, 1.82) is 10.5 Å². The number of rotatable bonds is 3. The molecule has 3 nitrogen and oxygen atoms in total. The number of hydrogen-bond acceptors (Lipinski definition) is 3. The van der Waals surface area contributed by atoms with Crippen LogP contribution in [0.3, 0.4) is 0 Å². The number of methoxy groups -OCH3 is 1. The first-order valence-electron chi connectivity index (χ1n) is 6.85. The first kappa shape index (κ1) is 14.3. The maximum Gasteiger partial charge on any atom is 0.0991 e. The topological polar surface area (TPSA) is 56.8 Å². The molecule has 1 aliphatic carbocycles. The lowest BCUT2D eigenvalue weighted by molar-refractivity contribution is -0.00217. The molecule has 1 aliphatic rings. The van der Waals surface area contributed by atoms with Gasteiger partial charge in [0.2, 0.25) is 0 Å². The molecule has 0 unspecified atom stereocenters. The average molecular weight is 266 g/mol. The zero-order chi connectivity index (χ0) is 14.4. The van der Waals surface area contributed by atoms with E-state index in [1.807, 2.05) is 36.4 Å². The number of ether oxygens (including phenoxy) is 1. The summed E-state index contributed by atoms with van der Waals surface area (Å²) in [5.74, 6) is 0.515. The fourth-order valence-electron chi connectivity index (χ4n) is 2.90. The summed E-state index contributed by atoms with van der Waals surface area (Å²) in [5, 5.41) is 17.5. The monoisotopic (exact) mass is 266 g/mol. The molecule has 0 aromatic heterocycles. The van der Waals surface area contributed by atoms with Gasteiger partial charge in [-0.25, -0.2) is 0 Å². The zero-order valence-corrected chi connectivity index (χ0v) is 11.7. The second-order valence-electron chi connectivity index (χ2n) is 5.24. The molecule has 0 aliphatic heterocycles. The van der Waals surface area contributed by atoms with Gasteiger partial charge in [0.1, 0.15) is 0 Å². The number of nitrogens with zero attached hydrogens (tertiary/aromatic N) is 2. The van der Waals surface area contributed by atoms with Crippen LogP contribution in [0.2, 0.25) is 0 Å². The molecule has 1 fully saturated rings. The summed E-state index contributed by atoms with van der Waals surface area (Å²) in [6, 6.07) is 12.0. The second-order valence-corrected chi connectivity index (χ2v) is 5.24. The van der Waals surface area contributed by atoms with Crippen molar-refractivity contribution in [3.05, 3.63) is 47.5 Å². The number of nitriles is 2. The van der Waals surface area contributed by atoms with Crippen molar-refractivity contribution in [3.63, 3.8) is 0 Å². The molecular formula is C17H18N2O. The quantitative estimate of drug-likeness (QED) is 0.784. The first-order valence-corrected chi connectivity index (χ1v) is 6.85. The van der Waals surface area contributed by atoms with Gasteiger partial charge in [0.25, 0.3) is 0 Å². The highest BCUT2D eigenvalue weighted by Gasteiger charge is 2.33. The molecule has 0 atom stereocenters. The third-order valence-electron chi connectivity index (χ3n) is 4.21. The molecule has 1 saturated carbocycles. The van der Waals surface area contributed by atoms with Gasteiger partial charge in [-0.3, -0.25) is 0 Å². The van der Waals surface area contributed by atoms with Crippen molar-refractivity contribution in [1.82, 2.24) is 0 Å². The molecular weight excluding hydrogens is 248 g/mol. The van der Waals surface area contributed by atoms with E-state index in [9.17, 15) is 0 Å². The van der Waals surface area contributed by atoms with Gasteiger partial charge in [-0.1, -0.05) is 12.1 Å². The standard InChI is InChI=1S/C17H18N2O/c1-20-17(9-2-12-18)10-7-16(8-11-17)15-5-3-14(13-19)4-6-15/h2-6,9,16H,7-8,10-11H2,1H3/t16-,17+. The van der Waals surface area contributed by atoms with E-state index >= 15 is 0 Å². The van der Waals surface area contributed by atoms with E-state index in [0.717, 1.165) is 25.7 Å². The lowest BCUT2D eigenvalue weighted by Gasteiger charge is -2.37. The average Bonchev–Trinajstić information content (AvgIpc) is 2.53. The van der Waals surface area contributed by atoms with Gasteiger partial charge < -0.3 is 4.74 Å². The Bertz CT molecular complexity index is 552. The molecule has 2 rings (SSSR count). The largest absolute Gasteiger partial charge is 0.374 e. The molecule has 0 radical (unpaired) electrons. The summed E-state index contributed by atoms with van der Waals surface area (Å²) in [6.07, 6.45) is 7.33. The third kappa shape index (κ3) is 3.07. The van der Waals surface area contributed by atoms with Gasteiger partial charge in [-0.05, 0) is 55.4 Å². The van der Waals surface area contributed by atoms with E-state index in [4.69, 9.17) is 15.3 Å². The van der Waals surface area contributed by atoms with Crippen LogP contribution < -0.4 is 0 Å². The van der Waals surface area contributed by atoms with E-state index in [1.165, 1.54) is 11.6 Å². The lowest BCUT2D eigenvalue weighted by atomic mass is 9.75. The Kier molecular flexibility index (Phi) is 4.56. The predicted molar refractivity (Wildman–Crippen MR) is 76.9 cm³/mol. The summed E-state index contributed by atoms with van der Waals surface area (Å²) < 4.78 is 5.62. The van der Waals surface area contributed by atoms with Crippen LogP contribution in [-0.4, -0.2) is 12.7 Å². The Morgan fingerprint density at radius 1 is 1.20 bits per heavy atom. The van der Waals surface area contributed by atoms with Gasteiger partial charge in [0.05, 0.1) is 23.3 Å². The van der Waals surface area contributed by atoms with Crippen LogP contribution in [0.25, 0.3) is 0 Å². The minimum Gasteiger partial charge on any atom is -0.374 e. The molecule has 1 aromatic carbocycles. The molecule has 0 saturated heterocycles. The molecule has 102 valence electrons. The summed E-state index contributed by atoms with van der Waals surface area (Å²) in [6.45, 7) is 0. The SMILES string of the molecule is CO[C@]1(C=CC#N)CC[C@H](c2ccc(C#N)cc2)CC1. The number of hydrogen-bond donors (Lipinski definition) is 0. The zero-order valence-electron chi connectivity index (χ0n) is 11.7. The maximum absolute atomic E-state index is 8.82. The highest BCUT2D eigenvalue weighted by molar-refractivity contribution is 5.33. The minimum atomic E-state index is -0.279. The van der Waals surface area contributed by atoms with Gasteiger partial charge in [0.15, 0.2) is 0 Å². The summed E-state index contributed by atoms with van der Waals surface area (Å²) >= 11 is 0. The third-order valence-corrected chi connectivity index (χ3v) is 4.21. The van der Waals surface area contributed by atoms with E-state index in [0.29, 0.717) is 11.5 Å². The molecule has 1 aromatic rings. The minimum absolute atomic E-state index is 0.279. The number of benzene rings is 1. The maximum atomic E-state index is 8.82. The Labute approximate surface area is 120 Å². The fourth-order valence-corrected chi connectivity index (χ4v) is 2.90. The van der Waals surface area contributed by atoms with Gasteiger partial charge in [0, 0.05) is 13.2 Å². The van der Waals surface area contributed by atoms with Crippen LogP contribution in [0.4, 0.5) is 0 Å². The van der Waals surface area contributed by atoms with Crippen LogP contribution in [0.1, 0.15) is 42.7 Å². The van der Waals surface area contributed by atoms with Crippen molar-refractivity contribution in [3.8, 4) is 12.1 Å². The summed E-state index contributed by atoms with van der Waals surface area (Å²) in [7, 11) is 1.71. The summed E-state index contributed by atoms with van der Waals surface area (Å²) in [5.41, 5.74) is 1.71. The van der Waals surface area contributed by atoms with Crippen molar-refractivity contribution in [2.24, 2.45) is 0 Å². The van der Waals surface area contributed by atoms with Crippen LogP contribution >= 0.6 is 0 Å². The second kappa shape index (κ2) is 6.37. The van der Waals surface area contributed by atoms with Crippen LogP contribution in [0, 0.1) is 22.7 Å². The fraction of sp³-hybridized carbons (Fsp3) is 0.412. The van der Waals surface area contributed by atoms with E-state index in [1.54, 1.807) is 7.11 Å². The Balaban J connectivity index is 2.05. The first-order chi connectivity index (χ1) is 9.73. The number of allylic oxidation sites excluding steroid dienone is 1. The molecule has 0 heterocycles. The molecule has 0 N–H and O–H groups in total. The van der Waals surface area contributed by atoms with Crippen molar-refractivity contribution in [2.75, 3.05) is 7.11 Å². The van der Waals surface area contributed by atoms with E-state index < -0.39 is 0 Å². The molecule has 0 spiro atoms. The van der Waals surface area contributed by atoms with E-state index in [-0.39, 0.29) is 5.60 Å². The normalized spacial score (nSPS) is 26.1. The van der Waals surface area contributed by atoms with Gasteiger partial charge >= 0.3 is 0 Å². The predicted octanol–water partition coefficient (Wildman–Crippen LogP) is 3.68. The highest BCUT2D eigenvalue weighted by Crippen LogP contribution is 2.40. The molecule has 0 bridgehead atoms. The molecule has 20 heavy (non-hydrogen) atoms. The Morgan fingerprint density at radius 3 is 2.35 bits per heavy atom. The van der Waals surface area contributed by atoms with Crippen LogP contribution in [0.15, 0.2) is 36.4 Å². The smallest absolute Gasteiger partial charge is 0.0991 e.